The first-order valence-electron chi connectivity index (χ1n) is 6.08. The standard InChI is InChI=1S/C12H7ClF4N2O4/c13-6-3-7(14)9(4-8(6)19(22)23)18-10(20)1-5(2-11(18)21)12(15,16)17/h3-5H,1-2H2. The van der Waals surface area contributed by atoms with Crippen molar-refractivity contribution in [1.29, 1.82) is 0 Å². The highest BCUT2D eigenvalue weighted by Gasteiger charge is 2.48. The number of imide groups is 1. The van der Waals surface area contributed by atoms with Gasteiger partial charge in [0.2, 0.25) is 11.8 Å². The molecule has 0 spiro atoms. The molecule has 1 heterocycles. The fourth-order valence-corrected chi connectivity index (χ4v) is 2.37. The van der Waals surface area contributed by atoms with Crippen LogP contribution in [0.2, 0.25) is 5.02 Å². The van der Waals surface area contributed by atoms with Crippen LogP contribution in [0.15, 0.2) is 12.1 Å². The summed E-state index contributed by atoms with van der Waals surface area (Å²) < 4.78 is 51.7. The Morgan fingerprint density at radius 1 is 1.22 bits per heavy atom. The van der Waals surface area contributed by atoms with Crippen molar-refractivity contribution < 1.29 is 32.1 Å². The normalized spacial score (nSPS) is 16.8. The summed E-state index contributed by atoms with van der Waals surface area (Å²) in [6.07, 6.45) is -6.85. The minimum atomic E-state index is -4.75. The number of nitro groups is 1. The zero-order valence-corrected chi connectivity index (χ0v) is 11.8. The number of hydrogen-bond donors (Lipinski definition) is 0. The minimum absolute atomic E-state index is 0.181. The fraction of sp³-hybridized carbons (Fsp3) is 0.333. The van der Waals surface area contributed by atoms with E-state index < -0.39 is 63.9 Å². The molecule has 0 N–H and O–H groups in total. The summed E-state index contributed by atoms with van der Waals surface area (Å²) in [6, 6.07) is 1.06. The summed E-state index contributed by atoms with van der Waals surface area (Å²) in [5.41, 5.74) is -1.57. The lowest BCUT2D eigenvalue weighted by molar-refractivity contribution is -0.384. The topological polar surface area (TPSA) is 80.5 Å². The molecule has 0 saturated carbocycles. The minimum Gasteiger partial charge on any atom is -0.274 e. The zero-order chi connectivity index (χ0) is 17.5. The summed E-state index contributed by atoms with van der Waals surface area (Å²) in [4.78, 5) is 33.6. The van der Waals surface area contributed by atoms with Crippen molar-refractivity contribution >= 4 is 34.8 Å². The van der Waals surface area contributed by atoms with E-state index >= 15 is 0 Å². The highest BCUT2D eigenvalue weighted by molar-refractivity contribution is 6.33. The third kappa shape index (κ3) is 3.26. The average Bonchev–Trinajstić information content (AvgIpc) is 2.38. The van der Waals surface area contributed by atoms with Gasteiger partial charge in [0.05, 0.1) is 16.5 Å². The maximum absolute atomic E-state index is 13.9. The molecule has 1 aromatic carbocycles. The van der Waals surface area contributed by atoms with Gasteiger partial charge in [-0.05, 0) is 0 Å². The molecule has 23 heavy (non-hydrogen) atoms. The summed E-state index contributed by atoms with van der Waals surface area (Å²) in [5, 5.41) is 10.2. The van der Waals surface area contributed by atoms with Crippen LogP contribution in [0.5, 0.6) is 0 Å². The van der Waals surface area contributed by atoms with Crippen molar-refractivity contribution in [2.24, 2.45) is 5.92 Å². The Labute approximate surface area is 130 Å². The second kappa shape index (κ2) is 5.76. The van der Waals surface area contributed by atoms with E-state index in [9.17, 15) is 37.3 Å². The van der Waals surface area contributed by atoms with E-state index in [0.717, 1.165) is 0 Å². The number of halogens is 5. The van der Waals surface area contributed by atoms with Gasteiger partial charge in [-0.1, -0.05) is 11.6 Å². The Balaban J connectivity index is 2.43. The number of rotatable bonds is 2. The van der Waals surface area contributed by atoms with E-state index in [2.05, 4.69) is 0 Å². The molecule has 1 aliphatic rings. The molecule has 124 valence electrons. The van der Waals surface area contributed by atoms with Crippen molar-refractivity contribution in [3.63, 3.8) is 0 Å². The van der Waals surface area contributed by atoms with Gasteiger partial charge in [-0.3, -0.25) is 19.7 Å². The largest absolute Gasteiger partial charge is 0.392 e. The third-order valence-corrected chi connectivity index (χ3v) is 3.56. The van der Waals surface area contributed by atoms with Crippen LogP contribution in [0.3, 0.4) is 0 Å². The van der Waals surface area contributed by atoms with Crippen LogP contribution < -0.4 is 4.90 Å². The predicted molar refractivity (Wildman–Crippen MR) is 69.3 cm³/mol. The van der Waals surface area contributed by atoms with Crippen LogP contribution in [-0.4, -0.2) is 22.9 Å². The first-order valence-corrected chi connectivity index (χ1v) is 6.46. The van der Waals surface area contributed by atoms with Gasteiger partial charge >= 0.3 is 6.18 Å². The van der Waals surface area contributed by atoms with Gasteiger partial charge in [0.1, 0.15) is 10.8 Å². The van der Waals surface area contributed by atoms with Gasteiger partial charge in [-0.25, -0.2) is 9.29 Å². The lowest BCUT2D eigenvalue weighted by Gasteiger charge is -2.31. The molecule has 2 amide bonds. The lowest BCUT2D eigenvalue weighted by Crippen LogP contribution is -2.47. The van der Waals surface area contributed by atoms with Crippen molar-refractivity contribution in [2.75, 3.05) is 4.90 Å². The quantitative estimate of drug-likeness (QED) is 0.353. The molecule has 2 rings (SSSR count). The van der Waals surface area contributed by atoms with Gasteiger partial charge in [0.15, 0.2) is 0 Å². The molecule has 0 atom stereocenters. The Morgan fingerprint density at radius 3 is 2.17 bits per heavy atom. The highest BCUT2D eigenvalue weighted by atomic mass is 35.5. The number of carbonyl (C=O) groups excluding carboxylic acids is 2. The van der Waals surface area contributed by atoms with Gasteiger partial charge in [-0.15, -0.1) is 0 Å². The van der Waals surface area contributed by atoms with Gasteiger partial charge in [-0.2, -0.15) is 13.2 Å². The van der Waals surface area contributed by atoms with Crippen LogP contribution in [-0.2, 0) is 9.59 Å². The smallest absolute Gasteiger partial charge is 0.274 e. The van der Waals surface area contributed by atoms with Gasteiger partial charge < -0.3 is 0 Å². The number of nitrogens with zero attached hydrogens (tertiary/aromatic N) is 2. The number of benzene rings is 1. The maximum atomic E-state index is 13.9. The number of amides is 2. The molecule has 0 aromatic heterocycles. The zero-order valence-electron chi connectivity index (χ0n) is 11.1. The van der Waals surface area contributed by atoms with E-state index in [0.29, 0.717) is 12.1 Å². The number of nitro benzene ring substituents is 1. The van der Waals surface area contributed by atoms with Crippen LogP contribution >= 0.6 is 11.6 Å². The Kier molecular flexibility index (Phi) is 4.29. The molecule has 0 aliphatic carbocycles. The van der Waals surface area contributed by atoms with Crippen LogP contribution in [0, 0.1) is 21.8 Å². The second-order valence-electron chi connectivity index (χ2n) is 4.78. The van der Waals surface area contributed by atoms with Crippen LogP contribution in [0.4, 0.5) is 28.9 Å². The van der Waals surface area contributed by atoms with Crippen LogP contribution in [0.1, 0.15) is 12.8 Å². The Morgan fingerprint density at radius 2 is 1.74 bits per heavy atom. The molecule has 1 saturated heterocycles. The van der Waals surface area contributed by atoms with Crippen molar-refractivity contribution in [2.45, 2.75) is 19.0 Å². The van der Waals surface area contributed by atoms with Crippen molar-refractivity contribution in [1.82, 2.24) is 0 Å². The summed E-state index contributed by atoms with van der Waals surface area (Å²) in [5.74, 6) is -5.98. The Hall–Kier alpha value is -2.23. The number of alkyl halides is 3. The SMILES string of the molecule is O=C1CC(C(F)(F)F)CC(=O)N1c1cc([N+](=O)[O-])c(Cl)cc1F. The first-order chi connectivity index (χ1) is 10.5. The molecular weight excluding hydrogens is 348 g/mol. The Bertz CT molecular complexity index is 689. The molecule has 0 bridgehead atoms. The van der Waals surface area contributed by atoms with Gasteiger partial charge in [0, 0.05) is 25.0 Å². The summed E-state index contributed by atoms with van der Waals surface area (Å²) >= 11 is 5.47. The molecule has 11 heteroatoms. The van der Waals surface area contributed by atoms with E-state index in [-0.39, 0.29) is 4.90 Å². The lowest BCUT2D eigenvalue weighted by atomic mass is 9.94. The molecule has 1 fully saturated rings. The summed E-state index contributed by atoms with van der Waals surface area (Å²) in [6.45, 7) is 0. The number of carbonyl (C=O) groups is 2. The molecular formula is C12H7ClF4N2O4. The number of piperidine rings is 1. The number of hydrogen-bond acceptors (Lipinski definition) is 4. The van der Waals surface area contributed by atoms with Crippen molar-refractivity contribution in [3.05, 3.63) is 33.1 Å². The number of anilines is 1. The van der Waals surface area contributed by atoms with Crippen LogP contribution in [0.25, 0.3) is 0 Å². The second-order valence-corrected chi connectivity index (χ2v) is 5.19. The molecule has 0 unspecified atom stereocenters. The maximum Gasteiger partial charge on any atom is 0.392 e. The van der Waals surface area contributed by atoms with Gasteiger partial charge in [0.25, 0.3) is 5.69 Å². The average molecular weight is 355 g/mol. The van der Waals surface area contributed by atoms with E-state index in [1.807, 2.05) is 0 Å². The van der Waals surface area contributed by atoms with Crippen molar-refractivity contribution in [3.8, 4) is 0 Å². The van der Waals surface area contributed by atoms with E-state index in [1.165, 1.54) is 0 Å². The highest BCUT2D eigenvalue weighted by Crippen LogP contribution is 2.39. The molecule has 1 aromatic rings. The molecule has 6 nitrogen and oxygen atoms in total. The third-order valence-electron chi connectivity index (χ3n) is 3.26. The van der Waals surface area contributed by atoms with E-state index in [4.69, 9.17) is 11.6 Å². The first kappa shape index (κ1) is 17.1. The molecule has 0 radical (unpaired) electrons. The monoisotopic (exact) mass is 354 g/mol. The predicted octanol–water partition coefficient (Wildman–Crippen LogP) is 3.22. The fourth-order valence-electron chi connectivity index (χ4n) is 2.15. The molecule has 1 aliphatic heterocycles. The van der Waals surface area contributed by atoms with E-state index in [1.54, 1.807) is 0 Å². The summed E-state index contributed by atoms with van der Waals surface area (Å²) in [7, 11) is 0.